The van der Waals surface area contributed by atoms with Crippen LogP contribution in [0.2, 0.25) is 5.02 Å². The Labute approximate surface area is 237 Å². The van der Waals surface area contributed by atoms with Crippen LogP contribution in [0.15, 0.2) is 46.3 Å². The molecule has 6 nitrogen and oxygen atoms in total. The molecular formula is C30H41ClN4O2S. The highest BCUT2D eigenvalue weighted by Crippen LogP contribution is 2.48. The van der Waals surface area contributed by atoms with Crippen molar-refractivity contribution in [1.82, 2.24) is 14.8 Å². The molecule has 0 N–H and O–H groups in total. The van der Waals surface area contributed by atoms with E-state index in [2.05, 4.69) is 28.0 Å². The molecule has 8 heteroatoms. The molecule has 0 aliphatic carbocycles. The van der Waals surface area contributed by atoms with E-state index in [1.165, 1.54) is 54.3 Å². The maximum Gasteiger partial charge on any atom is 0.410 e. The Morgan fingerprint density at radius 1 is 1.05 bits per heavy atom. The SMILES string of the molecule is CC(C)(C)OC(=O)N1CCC2(CCCN(CCCCCN3c4cc(Cl)ccc4Sc4cccnc43)C2)CC1. The van der Waals surface area contributed by atoms with E-state index in [1.54, 1.807) is 11.8 Å². The van der Waals surface area contributed by atoms with Crippen molar-refractivity contribution in [3.63, 3.8) is 0 Å². The molecule has 1 aromatic heterocycles. The van der Waals surface area contributed by atoms with E-state index in [0.29, 0.717) is 5.41 Å². The van der Waals surface area contributed by atoms with Crippen molar-refractivity contribution in [2.24, 2.45) is 5.41 Å². The Bertz CT molecular complexity index is 1130. The van der Waals surface area contributed by atoms with Gasteiger partial charge in [-0.05, 0) is 108 Å². The molecule has 0 bridgehead atoms. The van der Waals surface area contributed by atoms with Gasteiger partial charge >= 0.3 is 6.09 Å². The number of carbonyl (C=O) groups is 1. The number of pyridine rings is 1. The number of aromatic nitrogens is 1. The van der Waals surface area contributed by atoms with Gasteiger partial charge in [0.25, 0.3) is 0 Å². The van der Waals surface area contributed by atoms with Crippen LogP contribution in [0.3, 0.4) is 0 Å². The van der Waals surface area contributed by atoms with Gasteiger partial charge in [-0.25, -0.2) is 9.78 Å². The topological polar surface area (TPSA) is 48.9 Å². The third kappa shape index (κ3) is 6.60. The molecule has 38 heavy (non-hydrogen) atoms. The zero-order chi connectivity index (χ0) is 26.8. The Balaban J connectivity index is 1.09. The monoisotopic (exact) mass is 556 g/mol. The summed E-state index contributed by atoms with van der Waals surface area (Å²) in [7, 11) is 0. The first-order valence-corrected chi connectivity index (χ1v) is 15.3. The third-order valence-corrected chi connectivity index (χ3v) is 9.35. The summed E-state index contributed by atoms with van der Waals surface area (Å²) in [4.78, 5) is 26.6. The molecule has 4 heterocycles. The lowest BCUT2D eigenvalue weighted by molar-refractivity contribution is -0.00638. The van der Waals surface area contributed by atoms with E-state index < -0.39 is 5.60 Å². The zero-order valence-electron chi connectivity index (χ0n) is 23.0. The minimum Gasteiger partial charge on any atom is -0.444 e. The summed E-state index contributed by atoms with van der Waals surface area (Å²) >= 11 is 8.14. The second-order valence-electron chi connectivity index (χ2n) is 12.1. The van der Waals surface area contributed by atoms with Crippen LogP contribution in [-0.2, 0) is 4.74 Å². The number of hydrogen-bond donors (Lipinski definition) is 0. The number of ether oxygens (including phenoxy) is 1. The molecule has 0 saturated carbocycles. The number of fused-ring (bicyclic) bond motifs is 2. The number of piperidine rings is 2. The van der Waals surface area contributed by atoms with Gasteiger partial charge in [-0.3, -0.25) is 0 Å². The van der Waals surface area contributed by atoms with Gasteiger partial charge in [-0.15, -0.1) is 0 Å². The van der Waals surface area contributed by atoms with E-state index in [0.717, 1.165) is 56.3 Å². The molecule has 0 radical (unpaired) electrons. The Morgan fingerprint density at radius 3 is 2.63 bits per heavy atom. The van der Waals surface area contributed by atoms with Crippen molar-refractivity contribution in [3.05, 3.63) is 41.6 Å². The lowest BCUT2D eigenvalue weighted by Crippen LogP contribution is -2.51. The maximum atomic E-state index is 12.5. The third-order valence-electron chi connectivity index (χ3n) is 8.01. The van der Waals surface area contributed by atoms with E-state index in [4.69, 9.17) is 21.3 Å². The average Bonchev–Trinajstić information content (AvgIpc) is 2.88. The van der Waals surface area contributed by atoms with Crippen LogP contribution in [-0.4, -0.2) is 65.7 Å². The summed E-state index contributed by atoms with van der Waals surface area (Å²) in [6.07, 6.45) is 9.97. The number of nitrogens with zero attached hydrogens (tertiary/aromatic N) is 4. The van der Waals surface area contributed by atoms with Crippen LogP contribution in [0.5, 0.6) is 0 Å². The van der Waals surface area contributed by atoms with E-state index in [-0.39, 0.29) is 6.09 Å². The summed E-state index contributed by atoms with van der Waals surface area (Å²) in [6.45, 7) is 11.9. The van der Waals surface area contributed by atoms with E-state index in [1.807, 2.05) is 44.0 Å². The highest BCUT2D eigenvalue weighted by atomic mass is 35.5. The number of carbonyl (C=O) groups excluding carboxylic acids is 1. The number of rotatable bonds is 6. The number of halogens is 1. The Kier molecular flexibility index (Phi) is 8.46. The minimum absolute atomic E-state index is 0.157. The fraction of sp³-hybridized carbons (Fsp3) is 0.600. The molecule has 3 aliphatic rings. The molecule has 1 spiro atoms. The first-order chi connectivity index (χ1) is 18.2. The van der Waals surface area contributed by atoms with Crippen molar-refractivity contribution in [1.29, 1.82) is 0 Å². The van der Waals surface area contributed by atoms with Gasteiger partial charge in [0.1, 0.15) is 11.4 Å². The van der Waals surface area contributed by atoms with Crippen LogP contribution >= 0.6 is 23.4 Å². The van der Waals surface area contributed by atoms with Gasteiger partial charge < -0.3 is 19.4 Å². The zero-order valence-corrected chi connectivity index (χ0v) is 24.6. The highest BCUT2D eigenvalue weighted by molar-refractivity contribution is 7.99. The van der Waals surface area contributed by atoms with Crippen LogP contribution < -0.4 is 4.90 Å². The molecular weight excluding hydrogens is 516 g/mol. The minimum atomic E-state index is -0.433. The van der Waals surface area contributed by atoms with Gasteiger partial charge in [0.2, 0.25) is 0 Å². The van der Waals surface area contributed by atoms with Gasteiger partial charge in [0, 0.05) is 42.3 Å². The second kappa shape index (κ2) is 11.6. The van der Waals surface area contributed by atoms with Crippen molar-refractivity contribution in [2.75, 3.05) is 44.2 Å². The van der Waals surface area contributed by atoms with Crippen LogP contribution in [0.1, 0.15) is 65.7 Å². The normalized spacial score (nSPS) is 19.3. The number of likely N-dealkylation sites (tertiary alicyclic amines) is 2. The number of hydrogen-bond acceptors (Lipinski definition) is 6. The summed E-state index contributed by atoms with van der Waals surface area (Å²) in [5.74, 6) is 1.04. The molecule has 1 amide bonds. The molecule has 3 aliphatic heterocycles. The van der Waals surface area contributed by atoms with Crippen molar-refractivity contribution < 1.29 is 9.53 Å². The number of amides is 1. The molecule has 206 valence electrons. The standard InChI is InChI=1S/C30H41ClN4O2S/c1-29(2,3)37-28(36)34-19-13-30(14-20-34)12-8-17-33(22-30)16-5-4-6-18-35-24-21-23(31)10-11-25(24)38-26-9-7-15-32-27(26)35/h7,9-11,15,21H,4-6,8,12-14,16-20,22H2,1-3H3. The first-order valence-electron chi connectivity index (χ1n) is 14.1. The quantitative estimate of drug-likeness (QED) is 0.341. The number of benzene rings is 1. The number of unbranched alkanes of at least 4 members (excludes halogenated alkanes) is 2. The Hall–Kier alpha value is -1.96. The highest BCUT2D eigenvalue weighted by Gasteiger charge is 2.40. The second-order valence-corrected chi connectivity index (χ2v) is 13.6. The predicted molar refractivity (Wildman–Crippen MR) is 156 cm³/mol. The van der Waals surface area contributed by atoms with Crippen LogP contribution in [0.4, 0.5) is 16.3 Å². The predicted octanol–water partition coefficient (Wildman–Crippen LogP) is 7.62. The molecule has 1 aromatic carbocycles. The van der Waals surface area contributed by atoms with Gasteiger partial charge in [0.05, 0.1) is 10.6 Å². The average molecular weight is 557 g/mol. The first kappa shape index (κ1) is 27.6. The Morgan fingerprint density at radius 2 is 1.84 bits per heavy atom. The van der Waals surface area contributed by atoms with Gasteiger partial charge in [-0.2, -0.15) is 0 Å². The van der Waals surface area contributed by atoms with Crippen LogP contribution in [0.25, 0.3) is 0 Å². The van der Waals surface area contributed by atoms with Crippen molar-refractivity contribution in [2.45, 2.75) is 81.1 Å². The van der Waals surface area contributed by atoms with Crippen molar-refractivity contribution in [3.8, 4) is 0 Å². The lowest BCUT2D eigenvalue weighted by atomic mass is 9.72. The van der Waals surface area contributed by atoms with E-state index in [9.17, 15) is 4.79 Å². The smallest absolute Gasteiger partial charge is 0.410 e. The summed E-state index contributed by atoms with van der Waals surface area (Å²) < 4.78 is 5.60. The summed E-state index contributed by atoms with van der Waals surface area (Å²) in [5.41, 5.74) is 1.10. The summed E-state index contributed by atoms with van der Waals surface area (Å²) in [6, 6.07) is 10.3. The van der Waals surface area contributed by atoms with Gasteiger partial charge in [0.15, 0.2) is 0 Å². The molecule has 5 rings (SSSR count). The van der Waals surface area contributed by atoms with Gasteiger partial charge in [-0.1, -0.05) is 29.8 Å². The van der Waals surface area contributed by atoms with E-state index >= 15 is 0 Å². The lowest BCUT2D eigenvalue weighted by Gasteiger charge is -2.47. The fourth-order valence-corrected chi connectivity index (χ4v) is 7.31. The molecule has 0 unspecified atom stereocenters. The molecule has 2 saturated heterocycles. The molecule has 0 atom stereocenters. The fourth-order valence-electron chi connectivity index (χ4n) is 6.09. The van der Waals surface area contributed by atoms with Crippen molar-refractivity contribution >= 4 is 41.0 Å². The molecule has 2 aromatic rings. The number of anilines is 2. The maximum absolute atomic E-state index is 12.5. The van der Waals surface area contributed by atoms with Crippen LogP contribution in [0, 0.1) is 5.41 Å². The molecule has 2 fully saturated rings. The summed E-state index contributed by atoms with van der Waals surface area (Å²) in [5, 5.41) is 0.768. The largest absolute Gasteiger partial charge is 0.444 e.